The van der Waals surface area contributed by atoms with Crippen molar-refractivity contribution in [3.8, 4) is 0 Å². The van der Waals surface area contributed by atoms with E-state index in [-0.39, 0.29) is 11.9 Å². The summed E-state index contributed by atoms with van der Waals surface area (Å²) in [6.07, 6.45) is 0. The SMILES string of the molecule is CCN(C(=O)c1cc(C)ccc1NN)C(C)C. The monoisotopic (exact) mass is 235 g/mol. The van der Waals surface area contributed by atoms with Gasteiger partial charge < -0.3 is 10.3 Å². The van der Waals surface area contributed by atoms with Crippen LogP contribution in [0.25, 0.3) is 0 Å². The smallest absolute Gasteiger partial charge is 0.256 e. The molecule has 0 aliphatic heterocycles. The van der Waals surface area contributed by atoms with Crippen LogP contribution in [-0.2, 0) is 0 Å². The van der Waals surface area contributed by atoms with Crippen molar-refractivity contribution < 1.29 is 4.79 Å². The van der Waals surface area contributed by atoms with Crippen molar-refractivity contribution in [2.75, 3.05) is 12.0 Å². The number of carbonyl (C=O) groups is 1. The van der Waals surface area contributed by atoms with E-state index in [9.17, 15) is 4.79 Å². The topological polar surface area (TPSA) is 58.4 Å². The molecule has 0 spiro atoms. The van der Waals surface area contributed by atoms with E-state index in [0.29, 0.717) is 17.8 Å². The first-order valence-electron chi connectivity index (χ1n) is 5.89. The van der Waals surface area contributed by atoms with E-state index in [4.69, 9.17) is 5.84 Å². The fourth-order valence-corrected chi connectivity index (χ4v) is 1.86. The first kappa shape index (κ1) is 13.5. The van der Waals surface area contributed by atoms with Crippen LogP contribution in [0.1, 0.15) is 36.7 Å². The van der Waals surface area contributed by atoms with Gasteiger partial charge in [0.2, 0.25) is 0 Å². The van der Waals surface area contributed by atoms with Crippen molar-refractivity contribution >= 4 is 11.6 Å². The summed E-state index contributed by atoms with van der Waals surface area (Å²) >= 11 is 0. The van der Waals surface area contributed by atoms with Gasteiger partial charge in [0.1, 0.15) is 0 Å². The number of carbonyl (C=O) groups excluding carboxylic acids is 1. The molecule has 94 valence electrons. The summed E-state index contributed by atoms with van der Waals surface area (Å²) in [4.78, 5) is 14.2. The summed E-state index contributed by atoms with van der Waals surface area (Å²) in [6.45, 7) is 8.64. The molecule has 0 saturated heterocycles. The maximum absolute atomic E-state index is 12.4. The van der Waals surface area contributed by atoms with Gasteiger partial charge in [-0.1, -0.05) is 11.6 Å². The fourth-order valence-electron chi connectivity index (χ4n) is 1.86. The molecule has 0 aliphatic carbocycles. The van der Waals surface area contributed by atoms with Gasteiger partial charge in [0, 0.05) is 12.6 Å². The summed E-state index contributed by atoms with van der Waals surface area (Å²) in [5.41, 5.74) is 4.92. The van der Waals surface area contributed by atoms with Crippen molar-refractivity contribution in [2.24, 2.45) is 5.84 Å². The van der Waals surface area contributed by atoms with Crippen molar-refractivity contribution in [1.29, 1.82) is 0 Å². The van der Waals surface area contributed by atoms with Gasteiger partial charge in [-0.25, -0.2) is 0 Å². The average Bonchev–Trinajstić information content (AvgIpc) is 2.29. The molecule has 17 heavy (non-hydrogen) atoms. The highest BCUT2D eigenvalue weighted by Gasteiger charge is 2.19. The van der Waals surface area contributed by atoms with E-state index < -0.39 is 0 Å². The number of amides is 1. The largest absolute Gasteiger partial charge is 0.336 e. The first-order valence-corrected chi connectivity index (χ1v) is 5.89. The normalized spacial score (nSPS) is 10.5. The highest BCUT2D eigenvalue weighted by molar-refractivity contribution is 5.99. The molecule has 4 heteroatoms. The molecule has 1 aromatic rings. The average molecular weight is 235 g/mol. The summed E-state index contributed by atoms with van der Waals surface area (Å²) in [7, 11) is 0. The Hall–Kier alpha value is -1.55. The van der Waals surface area contributed by atoms with E-state index in [1.165, 1.54) is 0 Å². The lowest BCUT2D eigenvalue weighted by Crippen LogP contribution is -2.37. The highest BCUT2D eigenvalue weighted by Crippen LogP contribution is 2.19. The van der Waals surface area contributed by atoms with Gasteiger partial charge in [-0.15, -0.1) is 0 Å². The minimum Gasteiger partial charge on any atom is -0.336 e. The van der Waals surface area contributed by atoms with Crippen LogP contribution in [0.3, 0.4) is 0 Å². The van der Waals surface area contributed by atoms with Crippen molar-refractivity contribution in [3.63, 3.8) is 0 Å². The van der Waals surface area contributed by atoms with E-state index in [1.807, 2.05) is 50.8 Å². The predicted octanol–water partition coefficient (Wildman–Crippen LogP) is 2.15. The number of anilines is 1. The number of rotatable bonds is 4. The lowest BCUT2D eigenvalue weighted by molar-refractivity contribution is 0.0718. The highest BCUT2D eigenvalue weighted by atomic mass is 16.2. The second-order valence-corrected chi connectivity index (χ2v) is 4.38. The van der Waals surface area contributed by atoms with E-state index in [1.54, 1.807) is 0 Å². The Balaban J connectivity index is 3.13. The standard InChI is InChI=1S/C13H21N3O/c1-5-16(9(2)3)13(17)11-8-10(4)6-7-12(11)15-14/h6-9,15H,5,14H2,1-4H3. The molecule has 0 bridgehead atoms. The minimum atomic E-state index is 0.0131. The number of nitrogens with one attached hydrogen (secondary N) is 1. The van der Waals surface area contributed by atoms with E-state index in [0.717, 1.165) is 5.56 Å². The van der Waals surface area contributed by atoms with Crippen LogP contribution in [0.15, 0.2) is 18.2 Å². The van der Waals surface area contributed by atoms with Gasteiger partial charge in [-0.3, -0.25) is 10.6 Å². The molecule has 0 saturated carbocycles. The zero-order chi connectivity index (χ0) is 13.0. The van der Waals surface area contributed by atoms with Gasteiger partial charge in [0.25, 0.3) is 5.91 Å². The van der Waals surface area contributed by atoms with Gasteiger partial charge in [-0.2, -0.15) is 0 Å². The molecule has 4 nitrogen and oxygen atoms in total. The molecule has 1 amide bonds. The second kappa shape index (κ2) is 5.68. The Morgan fingerprint density at radius 1 is 1.47 bits per heavy atom. The molecule has 1 rings (SSSR count). The molecule has 0 fully saturated rings. The van der Waals surface area contributed by atoms with Gasteiger partial charge in [-0.05, 0) is 39.8 Å². The number of hydrogen-bond donors (Lipinski definition) is 2. The molecule has 0 radical (unpaired) electrons. The van der Waals surface area contributed by atoms with Crippen LogP contribution in [0.4, 0.5) is 5.69 Å². The van der Waals surface area contributed by atoms with Crippen LogP contribution in [0, 0.1) is 6.92 Å². The molecule has 0 aliphatic rings. The lowest BCUT2D eigenvalue weighted by atomic mass is 10.1. The van der Waals surface area contributed by atoms with Crippen LogP contribution in [-0.4, -0.2) is 23.4 Å². The predicted molar refractivity (Wildman–Crippen MR) is 70.8 cm³/mol. The summed E-state index contributed by atoms with van der Waals surface area (Å²) < 4.78 is 0. The number of hydrogen-bond acceptors (Lipinski definition) is 3. The van der Waals surface area contributed by atoms with Gasteiger partial charge in [0.15, 0.2) is 0 Å². The summed E-state index contributed by atoms with van der Waals surface area (Å²) in [5, 5.41) is 0. The molecule has 0 aromatic heterocycles. The number of nitrogen functional groups attached to an aromatic ring is 1. The molecular weight excluding hydrogens is 214 g/mol. The third kappa shape index (κ3) is 2.97. The Morgan fingerprint density at radius 3 is 2.59 bits per heavy atom. The molecule has 3 N–H and O–H groups in total. The van der Waals surface area contributed by atoms with Gasteiger partial charge >= 0.3 is 0 Å². The number of aryl methyl sites for hydroxylation is 1. The third-order valence-electron chi connectivity index (χ3n) is 2.79. The number of benzene rings is 1. The maximum Gasteiger partial charge on any atom is 0.256 e. The quantitative estimate of drug-likeness (QED) is 0.621. The Bertz CT molecular complexity index is 402. The first-order chi connectivity index (χ1) is 8.01. The van der Waals surface area contributed by atoms with Crippen molar-refractivity contribution in [1.82, 2.24) is 4.90 Å². The van der Waals surface area contributed by atoms with Crippen LogP contribution >= 0.6 is 0 Å². The molecule has 0 heterocycles. The summed E-state index contributed by atoms with van der Waals surface area (Å²) in [6, 6.07) is 5.80. The molecular formula is C13H21N3O. The zero-order valence-electron chi connectivity index (χ0n) is 10.9. The Morgan fingerprint density at radius 2 is 2.12 bits per heavy atom. The second-order valence-electron chi connectivity index (χ2n) is 4.38. The van der Waals surface area contributed by atoms with Crippen molar-refractivity contribution in [3.05, 3.63) is 29.3 Å². The minimum absolute atomic E-state index is 0.0131. The number of nitrogens with two attached hydrogens (primary N) is 1. The molecule has 1 aromatic carbocycles. The Kier molecular flexibility index (Phi) is 4.52. The molecule has 0 atom stereocenters. The van der Waals surface area contributed by atoms with Crippen LogP contribution < -0.4 is 11.3 Å². The van der Waals surface area contributed by atoms with Crippen LogP contribution in [0.2, 0.25) is 0 Å². The van der Waals surface area contributed by atoms with E-state index in [2.05, 4.69) is 5.43 Å². The van der Waals surface area contributed by atoms with Gasteiger partial charge in [0.05, 0.1) is 11.3 Å². The fraction of sp³-hybridized carbons (Fsp3) is 0.462. The lowest BCUT2D eigenvalue weighted by Gasteiger charge is -2.26. The van der Waals surface area contributed by atoms with Crippen molar-refractivity contribution in [2.45, 2.75) is 33.7 Å². The number of hydrazine groups is 1. The third-order valence-corrected chi connectivity index (χ3v) is 2.79. The molecule has 0 unspecified atom stereocenters. The summed E-state index contributed by atoms with van der Waals surface area (Å²) in [5.74, 6) is 5.45. The van der Waals surface area contributed by atoms with E-state index >= 15 is 0 Å². The Labute approximate surface area is 103 Å². The van der Waals surface area contributed by atoms with Crippen LogP contribution in [0.5, 0.6) is 0 Å². The zero-order valence-corrected chi connectivity index (χ0v) is 10.9. The maximum atomic E-state index is 12.4. The number of nitrogens with zero attached hydrogens (tertiary/aromatic N) is 1.